The van der Waals surface area contributed by atoms with Gasteiger partial charge in [-0.1, -0.05) is 41.9 Å². The maximum absolute atomic E-state index is 13.2. The summed E-state index contributed by atoms with van der Waals surface area (Å²) in [6.07, 6.45) is 0. The van der Waals surface area contributed by atoms with Crippen LogP contribution in [0.1, 0.15) is 21.5 Å². The highest BCUT2D eigenvalue weighted by atomic mass is 35.5. The average Bonchev–Trinajstić information content (AvgIpc) is 3.21. The van der Waals surface area contributed by atoms with Crippen LogP contribution in [-0.4, -0.2) is 20.7 Å². The first-order valence-electron chi connectivity index (χ1n) is 9.72. The molecular formula is C23H18ClF2N5O. The molecule has 0 saturated carbocycles. The van der Waals surface area contributed by atoms with Gasteiger partial charge >= 0.3 is 0 Å². The van der Waals surface area contributed by atoms with Crippen LogP contribution in [0.25, 0.3) is 0 Å². The number of carbonyl (C=O) groups excluding carboxylic acids is 1. The third-order valence-electron chi connectivity index (χ3n) is 4.60. The summed E-state index contributed by atoms with van der Waals surface area (Å²) in [6.45, 7) is 0.645. The molecule has 1 aromatic heterocycles. The van der Waals surface area contributed by atoms with Gasteiger partial charge < -0.3 is 10.6 Å². The van der Waals surface area contributed by atoms with Crippen LogP contribution < -0.4 is 10.6 Å². The van der Waals surface area contributed by atoms with Crippen molar-refractivity contribution in [1.29, 1.82) is 0 Å². The standard InChI is InChI=1S/C23H18ClF2N5O/c24-18-3-1-2-17(12-18)21(32)31-23(28-14-16-6-10-20(26)11-7-16)29-22(30-31)27-13-15-4-8-19(25)9-5-15/h1-12H,13-14H2,(H2,27,28,29,30). The number of carbonyl (C=O) groups is 1. The summed E-state index contributed by atoms with van der Waals surface area (Å²) in [5.74, 6) is -0.653. The maximum Gasteiger partial charge on any atom is 0.281 e. The minimum Gasteiger partial charge on any atom is -0.350 e. The first-order chi connectivity index (χ1) is 15.5. The number of nitrogens with one attached hydrogen (secondary N) is 2. The number of rotatable bonds is 7. The molecule has 0 atom stereocenters. The molecule has 32 heavy (non-hydrogen) atoms. The quantitative estimate of drug-likeness (QED) is 0.406. The van der Waals surface area contributed by atoms with E-state index in [1.54, 1.807) is 48.5 Å². The lowest BCUT2D eigenvalue weighted by Crippen LogP contribution is -2.17. The van der Waals surface area contributed by atoms with Crippen molar-refractivity contribution in [3.63, 3.8) is 0 Å². The fraction of sp³-hybridized carbons (Fsp3) is 0.0870. The Balaban J connectivity index is 1.57. The first-order valence-corrected chi connectivity index (χ1v) is 10.1. The number of halogens is 3. The van der Waals surface area contributed by atoms with E-state index in [4.69, 9.17) is 11.6 Å². The molecule has 0 aliphatic heterocycles. The SMILES string of the molecule is O=C(c1cccc(Cl)c1)n1nc(NCc2ccc(F)cc2)nc1NCc1ccc(F)cc1. The molecule has 162 valence electrons. The van der Waals surface area contributed by atoms with Crippen LogP contribution in [0, 0.1) is 11.6 Å². The van der Waals surface area contributed by atoms with E-state index < -0.39 is 5.91 Å². The maximum atomic E-state index is 13.2. The van der Waals surface area contributed by atoms with Gasteiger partial charge in [0.2, 0.25) is 11.9 Å². The Kier molecular flexibility index (Phi) is 6.42. The second-order valence-electron chi connectivity index (χ2n) is 6.95. The van der Waals surface area contributed by atoms with Crippen molar-refractivity contribution in [2.75, 3.05) is 10.6 Å². The average molecular weight is 454 g/mol. The summed E-state index contributed by atoms with van der Waals surface area (Å²) >= 11 is 6.02. The lowest BCUT2D eigenvalue weighted by atomic mass is 10.2. The van der Waals surface area contributed by atoms with Gasteiger partial charge in [-0.05, 0) is 53.6 Å². The molecule has 4 rings (SSSR count). The number of anilines is 2. The number of hydrogen-bond acceptors (Lipinski definition) is 5. The highest BCUT2D eigenvalue weighted by Crippen LogP contribution is 2.17. The van der Waals surface area contributed by atoms with Gasteiger partial charge in [-0.15, -0.1) is 5.10 Å². The molecular weight excluding hydrogens is 436 g/mol. The van der Waals surface area contributed by atoms with Crippen molar-refractivity contribution in [1.82, 2.24) is 14.8 Å². The predicted molar refractivity (Wildman–Crippen MR) is 119 cm³/mol. The Morgan fingerprint density at radius 3 is 2.06 bits per heavy atom. The Morgan fingerprint density at radius 1 is 0.875 bits per heavy atom. The second-order valence-corrected chi connectivity index (χ2v) is 7.38. The zero-order valence-corrected chi connectivity index (χ0v) is 17.5. The molecule has 0 amide bonds. The highest BCUT2D eigenvalue weighted by molar-refractivity contribution is 6.31. The molecule has 0 aliphatic carbocycles. The number of hydrogen-bond donors (Lipinski definition) is 2. The molecule has 3 aromatic carbocycles. The van der Waals surface area contributed by atoms with Gasteiger partial charge in [0, 0.05) is 23.7 Å². The molecule has 0 radical (unpaired) electrons. The topological polar surface area (TPSA) is 71.8 Å². The molecule has 1 heterocycles. The van der Waals surface area contributed by atoms with Crippen molar-refractivity contribution in [2.24, 2.45) is 0 Å². The van der Waals surface area contributed by atoms with Crippen LogP contribution in [0.15, 0.2) is 72.8 Å². The summed E-state index contributed by atoms with van der Waals surface area (Å²) in [4.78, 5) is 17.4. The van der Waals surface area contributed by atoms with Crippen LogP contribution >= 0.6 is 11.6 Å². The summed E-state index contributed by atoms with van der Waals surface area (Å²) < 4.78 is 27.4. The van der Waals surface area contributed by atoms with Gasteiger partial charge in [-0.2, -0.15) is 9.67 Å². The molecule has 0 aliphatic rings. The summed E-state index contributed by atoms with van der Waals surface area (Å²) in [5, 5.41) is 10.8. The van der Waals surface area contributed by atoms with E-state index in [2.05, 4.69) is 20.7 Å². The lowest BCUT2D eigenvalue weighted by molar-refractivity contribution is 0.0947. The zero-order chi connectivity index (χ0) is 22.5. The van der Waals surface area contributed by atoms with Gasteiger partial charge in [-0.3, -0.25) is 4.79 Å². The Bertz CT molecular complexity index is 1230. The molecule has 0 unspecified atom stereocenters. The Labute approximate surface area is 187 Å². The normalized spacial score (nSPS) is 10.7. The van der Waals surface area contributed by atoms with Crippen LogP contribution in [0.2, 0.25) is 5.02 Å². The molecule has 6 nitrogen and oxygen atoms in total. The van der Waals surface area contributed by atoms with E-state index in [0.717, 1.165) is 15.8 Å². The first kappa shape index (κ1) is 21.5. The molecule has 9 heteroatoms. The van der Waals surface area contributed by atoms with E-state index in [-0.39, 0.29) is 23.5 Å². The van der Waals surface area contributed by atoms with Gasteiger partial charge in [0.1, 0.15) is 11.6 Å². The Hall–Kier alpha value is -3.78. The number of benzene rings is 3. The molecule has 0 spiro atoms. The van der Waals surface area contributed by atoms with E-state index >= 15 is 0 Å². The van der Waals surface area contributed by atoms with Crippen molar-refractivity contribution < 1.29 is 13.6 Å². The molecule has 4 aromatic rings. The third kappa shape index (κ3) is 5.28. The zero-order valence-electron chi connectivity index (χ0n) is 16.7. The van der Waals surface area contributed by atoms with Gasteiger partial charge in [-0.25, -0.2) is 8.78 Å². The Morgan fingerprint density at radius 2 is 1.47 bits per heavy atom. The van der Waals surface area contributed by atoms with Crippen LogP contribution in [-0.2, 0) is 13.1 Å². The second kappa shape index (κ2) is 9.57. The van der Waals surface area contributed by atoms with Crippen molar-refractivity contribution in [2.45, 2.75) is 13.1 Å². The molecule has 0 bridgehead atoms. The van der Waals surface area contributed by atoms with E-state index in [0.29, 0.717) is 23.7 Å². The van der Waals surface area contributed by atoms with E-state index in [1.807, 2.05) is 0 Å². The van der Waals surface area contributed by atoms with Gasteiger partial charge in [0.15, 0.2) is 0 Å². The molecule has 0 fully saturated rings. The minimum absolute atomic E-state index is 0.209. The monoisotopic (exact) mass is 453 g/mol. The van der Waals surface area contributed by atoms with Crippen molar-refractivity contribution in [3.8, 4) is 0 Å². The number of nitrogens with zero attached hydrogens (tertiary/aromatic N) is 3. The fourth-order valence-electron chi connectivity index (χ4n) is 2.95. The molecule has 2 N–H and O–H groups in total. The predicted octanol–water partition coefficient (Wildman–Crippen LogP) is 5.12. The highest BCUT2D eigenvalue weighted by Gasteiger charge is 2.18. The van der Waals surface area contributed by atoms with Crippen LogP contribution in [0.5, 0.6) is 0 Å². The lowest BCUT2D eigenvalue weighted by Gasteiger charge is -2.07. The smallest absolute Gasteiger partial charge is 0.281 e. The van der Waals surface area contributed by atoms with E-state index in [1.165, 1.54) is 24.3 Å². The van der Waals surface area contributed by atoms with Gasteiger partial charge in [0.05, 0.1) is 0 Å². The summed E-state index contributed by atoms with van der Waals surface area (Å²) in [7, 11) is 0. The molecule has 0 saturated heterocycles. The third-order valence-corrected chi connectivity index (χ3v) is 4.83. The largest absolute Gasteiger partial charge is 0.350 e. The summed E-state index contributed by atoms with van der Waals surface area (Å²) in [5.41, 5.74) is 1.97. The minimum atomic E-state index is -0.420. The van der Waals surface area contributed by atoms with Crippen molar-refractivity contribution >= 4 is 29.4 Å². The van der Waals surface area contributed by atoms with E-state index in [9.17, 15) is 13.6 Å². The number of aromatic nitrogens is 3. The van der Waals surface area contributed by atoms with Crippen LogP contribution in [0.4, 0.5) is 20.7 Å². The fourth-order valence-corrected chi connectivity index (χ4v) is 3.14. The van der Waals surface area contributed by atoms with Crippen molar-refractivity contribution in [3.05, 3.63) is 106 Å². The van der Waals surface area contributed by atoms with Crippen LogP contribution in [0.3, 0.4) is 0 Å². The van der Waals surface area contributed by atoms with Gasteiger partial charge in [0.25, 0.3) is 5.91 Å². The summed E-state index contributed by atoms with van der Waals surface area (Å²) in [6, 6.07) is 18.5.